The lowest BCUT2D eigenvalue weighted by Gasteiger charge is -2.31. The topological polar surface area (TPSA) is 75.0 Å². The second kappa shape index (κ2) is 7.28. The summed E-state index contributed by atoms with van der Waals surface area (Å²) in [5.41, 5.74) is 5.53. The fourth-order valence-electron chi connectivity index (χ4n) is 2.84. The molecule has 0 radical (unpaired) electrons. The van der Waals surface area contributed by atoms with Gasteiger partial charge in [-0.05, 0) is 25.8 Å². The van der Waals surface area contributed by atoms with Crippen molar-refractivity contribution in [2.75, 3.05) is 18.0 Å². The van der Waals surface area contributed by atoms with Crippen LogP contribution in [-0.2, 0) is 0 Å². The first-order valence-electron chi connectivity index (χ1n) is 7.33. The van der Waals surface area contributed by atoms with Gasteiger partial charge in [-0.15, -0.1) is 0 Å². The maximum Gasteiger partial charge on any atom is 0.290 e. The van der Waals surface area contributed by atoms with E-state index in [0.29, 0.717) is 18.4 Å². The molecule has 3 N–H and O–H groups in total. The van der Waals surface area contributed by atoms with Gasteiger partial charge in [-0.2, -0.15) is 0 Å². The summed E-state index contributed by atoms with van der Waals surface area (Å²) in [6.45, 7) is 1.47. The van der Waals surface area contributed by atoms with Crippen LogP contribution in [0.2, 0.25) is 0 Å². The molecular formula is C14H24N4O. The summed E-state index contributed by atoms with van der Waals surface area (Å²) in [6, 6.07) is 0.435. The molecule has 1 aromatic heterocycles. The summed E-state index contributed by atoms with van der Waals surface area (Å²) in [5.74, 6) is 0.558. The number of rotatable bonds is 5. The first-order chi connectivity index (χ1) is 9.33. The van der Waals surface area contributed by atoms with E-state index in [9.17, 15) is 4.79 Å². The molecule has 0 spiro atoms. The van der Waals surface area contributed by atoms with Crippen molar-refractivity contribution in [3.63, 3.8) is 0 Å². The molecule has 0 amide bonds. The van der Waals surface area contributed by atoms with Crippen LogP contribution in [0, 0.1) is 0 Å². The summed E-state index contributed by atoms with van der Waals surface area (Å²) in [4.78, 5) is 21.1. The van der Waals surface area contributed by atoms with Crippen molar-refractivity contribution in [1.82, 2.24) is 9.97 Å². The monoisotopic (exact) mass is 264 g/mol. The zero-order valence-electron chi connectivity index (χ0n) is 11.5. The maximum atomic E-state index is 12.0. The van der Waals surface area contributed by atoms with Crippen molar-refractivity contribution >= 4 is 5.82 Å². The van der Waals surface area contributed by atoms with Crippen LogP contribution >= 0.6 is 0 Å². The number of nitrogens with two attached hydrogens (primary N) is 1. The van der Waals surface area contributed by atoms with Gasteiger partial charge in [0.15, 0.2) is 5.82 Å². The average Bonchev–Trinajstić information content (AvgIpc) is 2.70. The normalized spacial score (nSPS) is 17.1. The smallest absolute Gasteiger partial charge is 0.290 e. The maximum absolute atomic E-state index is 12.0. The van der Waals surface area contributed by atoms with E-state index in [2.05, 4.69) is 14.9 Å². The van der Waals surface area contributed by atoms with Crippen LogP contribution in [0.5, 0.6) is 0 Å². The van der Waals surface area contributed by atoms with Gasteiger partial charge in [0.2, 0.25) is 0 Å². The fraction of sp³-hybridized carbons (Fsp3) is 0.714. The summed E-state index contributed by atoms with van der Waals surface area (Å²) in [6.07, 6.45) is 11.5. The van der Waals surface area contributed by atoms with Crippen molar-refractivity contribution < 1.29 is 0 Å². The van der Waals surface area contributed by atoms with Gasteiger partial charge in [0, 0.05) is 25.0 Å². The van der Waals surface area contributed by atoms with E-state index in [1.54, 1.807) is 12.4 Å². The predicted molar refractivity (Wildman–Crippen MR) is 77.4 cm³/mol. The highest BCUT2D eigenvalue weighted by molar-refractivity contribution is 5.36. The zero-order chi connectivity index (χ0) is 13.5. The van der Waals surface area contributed by atoms with Crippen molar-refractivity contribution in [2.24, 2.45) is 5.73 Å². The largest absolute Gasteiger partial charge is 0.349 e. The van der Waals surface area contributed by atoms with Gasteiger partial charge >= 0.3 is 0 Å². The third kappa shape index (κ3) is 3.80. The summed E-state index contributed by atoms with van der Waals surface area (Å²) in [5, 5.41) is 0. The van der Waals surface area contributed by atoms with Gasteiger partial charge in [0.1, 0.15) is 0 Å². The summed E-state index contributed by atoms with van der Waals surface area (Å²) < 4.78 is 0. The SMILES string of the molecule is NCCCN(c1ncc[nH]c1=O)C1CCCCCC1. The molecule has 2 rings (SSSR count). The highest BCUT2D eigenvalue weighted by Gasteiger charge is 2.22. The number of hydrogen-bond donors (Lipinski definition) is 2. The highest BCUT2D eigenvalue weighted by atomic mass is 16.1. The Morgan fingerprint density at radius 3 is 2.68 bits per heavy atom. The van der Waals surface area contributed by atoms with Crippen LogP contribution in [0.1, 0.15) is 44.9 Å². The van der Waals surface area contributed by atoms with Gasteiger partial charge < -0.3 is 15.6 Å². The van der Waals surface area contributed by atoms with Gasteiger partial charge in [0.05, 0.1) is 0 Å². The molecule has 19 heavy (non-hydrogen) atoms. The Kier molecular flexibility index (Phi) is 5.39. The predicted octanol–water partition coefficient (Wildman–Crippen LogP) is 1.65. The number of H-pyrrole nitrogens is 1. The van der Waals surface area contributed by atoms with Crippen molar-refractivity contribution in [3.8, 4) is 0 Å². The van der Waals surface area contributed by atoms with Crippen molar-refractivity contribution in [2.45, 2.75) is 51.0 Å². The Bertz CT molecular complexity index is 423. The average molecular weight is 264 g/mol. The number of nitrogens with one attached hydrogen (secondary N) is 1. The number of nitrogens with zero attached hydrogens (tertiary/aromatic N) is 2. The van der Waals surface area contributed by atoms with Crippen LogP contribution < -0.4 is 16.2 Å². The molecular weight excluding hydrogens is 240 g/mol. The second-order valence-corrected chi connectivity index (χ2v) is 5.22. The molecule has 1 aliphatic carbocycles. The molecule has 1 fully saturated rings. The van der Waals surface area contributed by atoms with E-state index in [1.807, 2.05) is 0 Å². The number of anilines is 1. The summed E-state index contributed by atoms with van der Waals surface area (Å²) >= 11 is 0. The Morgan fingerprint density at radius 1 is 1.32 bits per heavy atom. The number of aromatic nitrogens is 2. The highest BCUT2D eigenvalue weighted by Crippen LogP contribution is 2.24. The molecule has 0 saturated heterocycles. The van der Waals surface area contributed by atoms with Gasteiger partial charge in [0.25, 0.3) is 5.56 Å². The first kappa shape index (κ1) is 14.1. The summed E-state index contributed by atoms with van der Waals surface area (Å²) in [7, 11) is 0. The van der Waals surface area contributed by atoms with E-state index in [1.165, 1.54) is 25.7 Å². The molecule has 5 heteroatoms. The second-order valence-electron chi connectivity index (χ2n) is 5.22. The lowest BCUT2D eigenvalue weighted by atomic mass is 10.1. The van der Waals surface area contributed by atoms with Crippen LogP contribution in [0.15, 0.2) is 17.2 Å². The van der Waals surface area contributed by atoms with E-state index in [0.717, 1.165) is 25.8 Å². The fourth-order valence-corrected chi connectivity index (χ4v) is 2.84. The number of hydrogen-bond acceptors (Lipinski definition) is 4. The van der Waals surface area contributed by atoms with Gasteiger partial charge in [-0.3, -0.25) is 4.79 Å². The minimum Gasteiger partial charge on any atom is -0.349 e. The van der Waals surface area contributed by atoms with Gasteiger partial charge in [-0.25, -0.2) is 4.98 Å². The minimum absolute atomic E-state index is 0.0937. The van der Waals surface area contributed by atoms with E-state index < -0.39 is 0 Å². The molecule has 0 aromatic carbocycles. The Morgan fingerprint density at radius 2 is 2.05 bits per heavy atom. The number of aromatic amines is 1. The van der Waals surface area contributed by atoms with Gasteiger partial charge in [-0.1, -0.05) is 25.7 Å². The van der Waals surface area contributed by atoms with Crippen LogP contribution in [0.3, 0.4) is 0 Å². The molecule has 5 nitrogen and oxygen atoms in total. The third-order valence-corrected chi connectivity index (χ3v) is 3.83. The Hall–Kier alpha value is -1.36. The van der Waals surface area contributed by atoms with E-state index in [4.69, 9.17) is 5.73 Å². The molecule has 0 atom stereocenters. The molecule has 1 aliphatic rings. The quantitative estimate of drug-likeness (QED) is 0.793. The third-order valence-electron chi connectivity index (χ3n) is 3.83. The van der Waals surface area contributed by atoms with E-state index >= 15 is 0 Å². The van der Waals surface area contributed by atoms with Crippen LogP contribution in [-0.4, -0.2) is 29.1 Å². The van der Waals surface area contributed by atoms with Crippen molar-refractivity contribution in [3.05, 3.63) is 22.7 Å². The molecule has 0 bridgehead atoms. The van der Waals surface area contributed by atoms with E-state index in [-0.39, 0.29) is 5.56 Å². The molecule has 106 valence electrons. The zero-order valence-corrected chi connectivity index (χ0v) is 11.5. The Labute approximate surface area is 114 Å². The lowest BCUT2D eigenvalue weighted by Crippen LogP contribution is -2.40. The van der Waals surface area contributed by atoms with Crippen molar-refractivity contribution in [1.29, 1.82) is 0 Å². The standard InChI is InChI=1S/C14H24N4O/c15-8-5-11-18(12-6-3-1-2-4-7-12)13-14(19)17-10-9-16-13/h9-10,12H,1-8,11,15H2,(H,17,19). The molecule has 0 unspecified atom stereocenters. The Balaban J connectivity index is 2.19. The molecule has 1 aromatic rings. The molecule has 1 heterocycles. The van der Waals surface area contributed by atoms with Crippen LogP contribution in [0.25, 0.3) is 0 Å². The minimum atomic E-state index is -0.0937. The lowest BCUT2D eigenvalue weighted by molar-refractivity contribution is 0.513. The first-order valence-corrected chi connectivity index (χ1v) is 7.33. The molecule has 1 saturated carbocycles. The molecule has 0 aliphatic heterocycles. The van der Waals surface area contributed by atoms with Crippen LogP contribution in [0.4, 0.5) is 5.82 Å².